The summed E-state index contributed by atoms with van der Waals surface area (Å²) in [6, 6.07) is 16.0. The molecule has 0 saturated heterocycles. The smallest absolute Gasteiger partial charge is 0.412 e. The van der Waals surface area contributed by atoms with E-state index in [0.717, 1.165) is 5.56 Å². The minimum atomic E-state index is -0.620. The predicted octanol–water partition coefficient (Wildman–Crippen LogP) is 4.39. The first-order valence-electron chi connectivity index (χ1n) is 7.65. The molecule has 0 radical (unpaired) electrons. The molecule has 2 aromatic carbocycles. The number of hydrogen-bond donors (Lipinski definition) is 1. The average Bonchev–Trinajstić information content (AvgIpc) is 2.52. The topological polar surface area (TPSA) is 64.6 Å². The highest BCUT2D eigenvalue weighted by Crippen LogP contribution is 2.18. The van der Waals surface area contributed by atoms with Gasteiger partial charge in [-0.25, -0.2) is 9.59 Å². The molecular weight excluding hydrogens is 306 g/mol. The van der Waals surface area contributed by atoms with Crippen LogP contribution in [0.15, 0.2) is 54.6 Å². The van der Waals surface area contributed by atoms with Gasteiger partial charge in [-0.15, -0.1) is 0 Å². The Bertz CT molecular complexity index is 705. The van der Waals surface area contributed by atoms with Gasteiger partial charge in [0.15, 0.2) is 0 Å². The second-order valence-electron chi connectivity index (χ2n) is 6.23. The highest BCUT2D eigenvalue weighted by Gasteiger charge is 2.19. The lowest BCUT2D eigenvalue weighted by Crippen LogP contribution is -2.27. The summed E-state index contributed by atoms with van der Waals surface area (Å²) in [4.78, 5) is 24.2. The van der Waals surface area contributed by atoms with Crippen molar-refractivity contribution in [3.8, 4) is 0 Å². The second-order valence-corrected chi connectivity index (χ2v) is 6.23. The Morgan fingerprint density at radius 3 is 2.25 bits per heavy atom. The third kappa shape index (κ3) is 5.43. The van der Waals surface area contributed by atoms with Gasteiger partial charge in [-0.05, 0) is 38.5 Å². The molecule has 0 aliphatic carbocycles. The Balaban J connectivity index is 2.04. The normalized spacial score (nSPS) is 10.8. The van der Waals surface area contributed by atoms with Gasteiger partial charge in [0.1, 0.15) is 12.2 Å². The molecule has 24 heavy (non-hydrogen) atoms. The molecule has 0 aliphatic rings. The maximum atomic E-state index is 12.3. The zero-order valence-corrected chi connectivity index (χ0v) is 14.0. The number of nitrogens with one attached hydrogen (secondary N) is 1. The molecule has 0 bridgehead atoms. The third-order valence-corrected chi connectivity index (χ3v) is 3.00. The van der Waals surface area contributed by atoms with Gasteiger partial charge in [-0.2, -0.15) is 0 Å². The summed E-state index contributed by atoms with van der Waals surface area (Å²) in [7, 11) is 0. The van der Waals surface area contributed by atoms with E-state index in [0.29, 0.717) is 5.69 Å². The zero-order valence-electron chi connectivity index (χ0n) is 14.0. The number of amides is 1. The number of para-hydroxylation sites is 1. The number of carbonyl (C=O) groups is 2. The Morgan fingerprint density at radius 1 is 0.958 bits per heavy atom. The SMILES string of the molecule is CC(C)(C)OC(=O)Nc1ccccc1C(=O)OCc1ccccc1. The molecule has 0 aliphatic heterocycles. The van der Waals surface area contributed by atoms with E-state index >= 15 is 0 Å². The van der Waals surface area contributed by atoms with Crippen LogP contribution in [0.3, 0.4) is 0 Å². The van der Waals surface area contributed by atoms with Crippen LogP contribution in [0.2, 0.25) is 0 Å². The van der Waals surface area contributed by atoms with Gasteiger partial charge in [-0.1, -0.05) is 42.5 Å². The van der Waals surface area contributed by atoms with Crippen LogP contribution in [-0.2, 0) is 16.1 Å². The number of hydrogen-bond acceptors (Lipinski definition) is 4. The van der Waals surface area contributed by atoms with Crippen LogP contribution in [0.4, 0.5) is 10.5 Å². The van der Waals surface area contributed by atoms with E-state index in [-0.39, 0.29) is 12.2 Å². The van der Waals surface area contributed by atoms with E-state index in [1.54, 1.807) is 45.0 Å². The van der Waals surface area contributed by atoms with Crippen molar-refractivity contribution in [1.82, 2.24) is 0 Å². The molecule has 0 heterocycles. The fourth-order valence-corrected chi connectivity index (χ4v) is 1.98. The van der Waals surface area contributed by atoms with Crippen LogP contribution in [0.25, 0.3) is 0 Å². The quantitative estimate of drug-likeness (QED) is 0.846. The number of benzene rings is 2. The van der Waals surface area contributed by atoms with Crippen molar-refractivity contribution in [2.45, 2.75) is 33.0 Å². The molecule has 0 aromatic heterocycles. The summed E-state index contributed by atoms with van der Waals surface area (Å²) in [6.07, 6.45) is -0.620. The van der Waals surface area contributed by atoms with Gasteiger partial charge >= 0.3 is 12.1 Å². The van der Waals surface area contributed by atoms with Gasteiger partial charge in [-0.3, -0.25) is 5.32 Å². The van der Waals surface area contributed by atoms with Crippen molar-refractivity contribution in [3.63, 3.8) is 0 Å². The molecule has 2 rings (SSSR count). The van der Waals surface area contributed by atoms with E-state index in [1.165, 1.54) is 0 Å². The van der Waals surface area contributed by atoms with Crippen LogP contribution in [0.1, 0.15) is 36.7 Å². The van der Waals surface area contributed by atoms with Gasteiger partial charge in [0, 0.05) is 0 Å². The summed E-state index contributed by atoms with van der Waals surface area (Å²) < 4.78 is 10.5. The van der Waals surface area contributed by atoms with Gasteiger partial charge in [0.05, 0.1) is 11.3 Å². The summed E-state index contributed by atoms with van der Waals surface area (Å²) in [5.74, 6) is -0.509. The van der Waals surface area contributed by atoms with Crippen molar-refractivity contribution < 1.29 is 19.1 Å². The number of carbonyl (C=O) groups excluding carboxylic acids is 2. The molecule has 5 heteroatoms. The number of esters is 1. The minimum absolute atomic E-state index is 0.167. The van der Waals surface area contributed by atoms with Crippen LogP contribution in [0.5, 0.6) is 0 Å². The number of ether oxygens (including phenoxy) is 2. The largest absolute Gasteiger partial charge is 0.457 e. The van der Waals surface area contributed by atoms with Crippen LogP contribution in [-0.4, -0.2) is 17.7 Å². The van der Waals surface area contributed by atoms with E-state index in [4.69, 9.17) is 9.47 Å². The molecule has 126 valence electrons. The first-order chi connectivity index (χ1) is 11.3. The molecule has 0 saturated carbocycles. The molecular formula is C19H21NO4. The number of anilines is 1. The Hall–Kier alpha value is -2.82. The van der Waals surface area contributed by atoms with E-state index in [2.05, 4.69) is 5.32 Å². The minimum Gasteiger partial charge on any atom is -0.457 e. The van der Waals surface area contributed by atoms with Crippen LogP contribution >= 0.6 is 0 Å². The first kappa shape index (κ1) is 17.5. The summed E-state index contributed by atoms with van der Waals surface area (Å²) in [6.45, 7) is 5.48. The van der Waals surface area contributed by atoms with Gasteiger partial charge < -0.3 is 9.47 Å². The molecule has 0 fully saturated rings. The summed E-state index contributed by atoms with van der Waals surface area (Å²) >= 11 is 0. The lowest BCUT2D eigenvalue weighted by Gasteiger charge is -2.20. The Labute approximate surface area is 141 Å². The van der Waals surface area contributed by atoms with Crippen LogP contribution in [0, 0.1) is 0 Å². The number of rotatable bonds is 4. The Kier molecular flexibility index (Phi) is 5.58. The highest BCUT2D eigenvalue weighted by molar-refractivity contribution is 5.99. The molecule has 0 atom stereocenters. The fraction of sp³-hybridized carbons (Fsp3) is 0.263. The lowest BCUT2D eigenvalue weighted by molar-refractivity contribution is 0.0474. The molecule has 2 aromatic rings. The van der Waals surface area contributed by atoms with Crippen molar-refractivity contribution in [1.29, 1.82) is 0 Å². The maximum absolute atomic E-state index is 12.3. The van der Waals surface area contributed by atoms with E-state index < -0.39 is 17.7 Å². The standard InChI is InChI=1S/C19H21NO4/c1-19(2,3)24-18(22)20-16-12-8-7-11-15(16)17(21)23-13-14-9-5-4-6-10-14/h4-12H,13H2,1-3H3,(H,20,22). The molecule has 5 nitrogen and oxygen atoms in total. The van der Waals surface area contributed by atoms with Crippen molar-refractivity contribution in [3.05, 3.63) is 65.7 Å². The predicted molar refractivity (Wildman–Crippen MR) is 91.9 cm³/mol. The van der Waals surface area contributed by atoms with E-state index in [1.807, 2.05) is 30.3 Å². The molecule has 1 amide bonds. The molecule has 1 N–H and O–H groups in total. The van der Waals surface area contributed by atoms with E-state index in [9.17, 15) is 9.59 Å². The van der Waals surface area contributed by atoms with Crippen LogP contribution < -0.4 is 5.32 Å². The maximum Gasteiger partial charge on any atom is 0.412 e. The van der Waals surface area contributed by atoms with Crippen molar-refractivity contribution >= 4 is 17.7 Å². The summed E-state index contributed by atoms with van der Waals surface area (Å²) in [5.41, 5.74) is 0.903. The van der Waals surface area contributed by atoms with Crippen molar-refractivity contribution in [2.75, 3.05) is 5.32 Å². The first-order valence-corrected chi connectivity index (χ1v) is 7.65. The average molecular weight is 327 g/mol. The van der Waals surface area contributed by atoms with Crippen molar-refractivity contribution in [2.24, 2.45) is 0 Å². The fourth-order valence-electron chi connectivity index (χ4n) is 1.98. The highest BCUT2D eigenvalue weighted by atomic mass is 16.6. The zero-order chi connectivity index (χ0) is 17.6. The third-order valence-electron chi connectivity index (χ3n) is 3.00. The van der Waals surface area contributed by atoms with Gasteiger partial charge in [0.2, 0.25) is 0 Å². The lowest BCUT2D eigenvalue weighted by atomic mass is 10.1. The second kappa shape index (κ2) is 7.64. The van der Waals surface area contributed by atoms with Gasteiger partial charge in [0.25, 0.3) is 0 Å². The molecule has 0 spiro atoms. The Morgan fingerprint density at radius 2 is 1.58 bits per heavy atom. The monoisotopic (exact) mass is 327 g/mol. The molecule has 0 unspecified atom stereocenters. The summed E-state index contributed by atoms with van der Waals surface area (Å²) in [5, 5.41) is 2.58.